The van der Waals surface area contributed by atoms with Crippen molar-refractivity contribution >= 4 is 22.6 Å². The molecule has 1 atom stereocenters. The fourth-order valence-corrected chi connectivity index (χ4v) is 1.86. The average molecular weight is 289 g/mol. The Balaban J connectivity index is 2.30. The van der Waals surface area contributed by atoms with Crippen molar-refractivity contribution < 1.29 is 14.3 Å². The summed E-state index contributed by atoms with van der Waals surface area (Å²) in [5, 5.41) is 9.24. The van der Waals surface area contributed by atoms with Gasteiger partial charge in [0.1, 0.15) is 0 Å². The van der Waals surface area contributed by atoms with Crippen LogP contribution in [0, 0.1) is 0 Å². The van der Waals surface area contributed by atoms with Crippen molar-refractivity contribution in [1.82, 2.24) is 15.5 Å². The number of fused-ring (bicyclic) bond motifs is 1. The number of carbonyl (C=O) groups is 2. The van der Waals surface area contributed by atoms with Gasteiger partial charge in [-0.05, 0) is 19.9 Å². The predicted octanol–water partition coefficient (Wildman–Crippen LogP) is 0.605. The summed E-state index contributed by atoms with van der Waals surface area (Å²) in [6.45, 7) is 3.68. The van der Waals surface area contributed by atoms with Crippen LogP contribution >= 0.6 is 0 Å². The number of hydrogen-bond donors (Lipinski definition) is 2. The molecular weight excluding hydrogens is 274 g/mol. The molecule has 0 aliphatic rings. The van der Waals surface area contributed by atoms with Gasteiger partial charge in [0.15, 0.2) is 11.8 Å². The van der Waals surface area contributed by atoms with Crippen molar-refractivity contribution in [2.75, 3.05) is 6.54 Å². The Morgan fingerprint density at radius 3 is 2.67 bits per heavy atom. The summed E-state index contributed by atoms with van der Waals surface area (Å²) in [6.07, 6.45) is -0.940. The first-order valence-electron chi connectivity index (χ1n) is 6.50. The number of ether oxygens (including phenoxy) is 1. The van der Waals surface area contributed by atoms with E-state index in [1.54, 1.807) is 31.2 Å². The molecule has 2 N–H and O–H groups in total. The first kappa shape index (κ1) is 14.7. The largest absolute Gasteiger partial charge is 0.448 e. The lowest BCUT2D eigenvalue weighted by Gasteiger charge is -2.12. The van der Waals surface area contributed by atoms with Gasteiger partial charge in [0.2, 0.25) is 0 Å². The standard InChI is InChI=1S/C14H15N3O4/c1-3-15-12(18)8(2)21-14(20)11-9-6-4-5-7-10(9)13(19)17-16-11/h4-8H,3H2,1-2H3,(H,15,18)(H,17,19)/t8-/m0/s1. The van der Waals surface area contributed by atoms with Gasteiger partial charge in [-0.25, -0.2) is 9.89 Å². The molecule has 0 saturated heterocycles. The zero-order chi connectivity index (χ0) is 15.4. The van der Waals surface area contributed by atoms with E-state index in [1.807, 2.05) is 0 Å². The van der Waals surface area contributed by atoms with Gasteiger partial charge in [-0.3, -0.25) is 9.59 Å². The molecule has 0 aliphatic carbocycles. The number of hydrogen-bond acceptors (Lipinski definition) is 5. The molecule has 0 aliphatic heterocycles. The molecule has 1 aromatic heterocycles. The van der Waals surface area contributed by atoms with E-state index in [0.29, 0.717) is 17.3 Å². The second kappa shape index (κ2) is 6.17. The molecule has 2 aromatic rings. The number of aromatic nitrogens is 2. The normalized spacial score (nSPS) is 11.9. The van der Waals surface area contributed by atoms with Crippen molar-refractivity contribution in [3.05, 3.63) is 40.3 Å². The third kappa shape index (κ3) is 3.07. The Kier molecular flexibility index (Phi) is 4.32. The Bertz CT molecular complexity index is 738. The van der Waals surface area contributed by atoms with Gasteiger partial charge in [0, 0.05) is 11.9 Å². The van der Waals surface area contributed by atoms with Crippen molar-refractivity contribution in [1.29, 1.82) is 0 Å². The summed E-state index contributed by atoms with van der Waals surface area (Å²) in [4.78, 5) is 35.3. The summed E-state index contributed by atoms with van der Waals surface area (Å²) in [6, 6.07) is 6.56. The van der Waals surface area contributed by atoms with Crippen LogP contribution in [0.25, 0.3) is 10.8 Å². The lowest BCUT2D eigenvalue weighted by atomic mass is 10.1. The summed E-state index contributed by atoms with van der Waals surface area (Å²) in [5.41, 5.74) is -0.416. The number of likely N-dealkylation sites (N-methyl/N-ethyl adjacent to an activating group) is 1. The molecule has 0 fully saturated rings. The van der Waals surface area contributed by atoms with E-state index in [2.05, 4.69) is 15.5 Å². The Morgan fingerprint density at radius 2 is 2.00 bits per heavy atom. The van der Waals surface area contributed by atoms with E-state index in [1.165, 1.54) is 6.92 Å². The van der Waals surface area contributed by atoms with Crippen LogP contribution in [-0.4, -0.2) is 34.7 Å². The lowest BCUT2D eigenvalue weighted by Crippen LogP contribution is -2.35. The van der Waals surface area contributed by atoms with Crippen LogP contribution in [0.1, 0.15) is 24.3 Å². The molecule has 0 radical (unpaired) electrons. The molecule has 1 amide bonds. The fraction of sp³-hybridized carbons (Fsp3) is 0.286. The van der Waals surface area contributed by atoms with E-state index in [4.69, 9.17) is 4.74 Å². The van der Waals surface area contributed by atoms with E-state index < -0.39 is 12.1 Å². The summed E-state index contributed by atoms with van der Waals surface area (Å²) >= 11 is 0. The minimum atomic E-state index is -0.940. The molecule has 0 bridgehead atoms. The number of H-pyrrole nitrogens is 1. The summed E-state index contributed by atoms with van der Waals surface area (Å²) < 4.78 is 5.06. The van der Waals surface area contributed by atoms with E-state index in [0.717, 1.165) is 0 Å². The first-order chi connectivity index (χ1) is 10.0. The Labute approximate surface area is 120 Å². The lowest BCUT2D eigenvalue weighted by molar-refractivity contribution is -0.128. The van der Waals surface area contributed by atoms with Crippen molar-refractivity contribution in [3.63, 3.8) is 0 Å². The maximum absolute atomic E-state index is 12.1. The highest BCUT2D eigenvalue weighted by Gasteiger charge is 2.21. The third-order valence-electron chi connectivity index (χ3n) is 2.89. The molecule has 7 nitrogen and oxygen atoms in total. The van der Waals surface area contributed by atoms with Gasteiger partial charge >= 0.3 is 5.97 Å². The quantitative estimate of drug-likeness (QED) is 0.803. The monoisotopic (exact) mass is 289 g/mol. The van der Waals surface area contributed by atoms with Crippen molar-refractivity contribution in [2.24, 2.45) is 0 Å². The first-order valence-corrected chi connectivity index (χ1v) is 6.50. The maximum atomic E-state index is 12.1. The van der Waals surface area contributed by atoms with Gasteiger partial charge in [0.25, 0.3) is 11.5 Å². The van der Waals surface area contributed by atoms with Crippen LogP contribution in [0.5, 0.6) is 0 Å². The average Bonchev–Trinajstić information content (AvgIpc) is 2.48. The van der Waals surface area contributed by atoms with Crippen molar-refractivity contribution in [2.45, 2.75) is 20.0 Å². The zero-order valence-corrected chi connectivity index (χ0v) is 11.7. The zero-order valence-electron chi connectivity index (χ0n) is 11.7. The van der Waals surface area contributed by atoms with Crippen molar-refractivity contribution in [3.8, 4) is 0 Å². The van der Waals surface area contributed by atoms with Crippen LogP contribution in [-0.2, 0) is 9.53 Å². The Morgan fingerprint density at radius 1 is 1.33 bits per heavy atom. The van der Waals surface area contributed by atoms with Crippen LogP contribution in [0.3, 0.4) is 0 Å². The number of nitrogens with one attached hydrogen (secondary N) is 2. The predicted molar refractivity (Wildman–Crippen MR) is 75.9 cm³/mol. The molecule has 7 heteroatoms. The van der Waals surface area contributed by atoms with Gasteiger partial charge in [0.05, 0.1) is 5.39 Å². The number of esters is 1. The topological polar surface area (TPSA) is 101 Å². The SMILES string of the molecule is CCNC(=O)[C@H](C)OC(=O)c1n[nH]c(=O)c2ccccc12. The number of amides is 1. The fourth-order valence-electron chi connectivity index (χ4n) is 1.86. The Hall–Kier alpha value is -2.70. The second-order valence-corrected chi connectivity index (χ2v) is 4.39. The second-order valence-electron chi connectivity index (χ2n) is 4.39. The highest BCUT2D eigenvalue weighted by atomic mass is 16.5. The van der Waals surface area contributed by atoms with E-state index >= 15 is 0 Å². The van der Waals surface area contributed by atoms with E-state index in [9.17, 15) is 14.4 Å². The molecule has 21 heavy (non-hydrogen) atoms. The number of benzene rings is 1. The smallest absolute Gasteiger partial charge is 0.360 e. The van der Waals surface area contributed by atoms with Crippen LogP contribution in [0.2, 0.25) is 0 Å². The van der Waals surface area contributed by atoms with E-state index in [-0.39, 0.29) is 17.2 Å². The van der Waals surface area contributed by atoms with Crippen LogP contribution in [0.4, 0.5) is 0 Å². The highest BCUT2D eigenvalue weighted by Crippen LogP contribution is 2.13. The van der Waals surface area contributed by atoms with Crippen LogP contribution < -0.4 is 10.9 Å². The molecule has 0 saturated carbocycles. The third-order valence-corrected chi connectivity index (χ3v) is 2.89. The highest BCUT2D eigenvalue weighted by molar-refractivity contribution is 6.02. The van der Waals surface area contributed by atoms with Crippen LogP contribution in [0.15, 0.2) is 29.1 Å². The number of nitrogens with zero attached hydrogens (tertiary/aromatic N) is 1. The molecule has 0 unspecified atom stereocenters. The molecular formula is C14H15N3O4. The minimum absolute atomic E-state index is 0.0265. The van der Waals surface area contributed by atoms with Gasteiger partial charge in [-0.2, -0.15) is 5.10 Å². The maximum Gasteiger partial charge on any atom is 0.360 e. The van der Waals surface area contributed by atoms with Gasteiger partial charge < -0.3 is 10.1 Å². The molecule has 0 spiro atoms. The summed E-state index contributed by atoms with van der Waals surface area (Å²) in [5.74, 6) is -1.15. The molecule has 1 heterocycles. The molecule has 2 rings (SSSR count). The minimum Gasteiger partial charge on any atom is -0.448 e. The number of rotatable bonds is 4. The summed E-state index contributed by atoms with van der Waals surface area (Å²) in [7, 11) is 0. The van der Waals surface area contributed by atoms with Gasteiger partial charge in [-0.15, -0.1) is 0 Å². The van der Waals surface area contributed by atoms with Gasteiger partial charge in [-0.1, -0.05) is 18.2 Å². The number of aromatic amines is 1. The molecule has 1 aromatic carbocycles. The molecule has 110 valence electrons. The number of carbonyl (C=O) groups excluding carboxylic acids is 2.